The van der Waals surface area contributed by atoms with E-state index in [0.29, 0.717) is 16.8 Å². The Morgan fingerprint density at radius 2 is 1.88 bits per heavy atom. The van der Waals surface area contributed by atoms with Gasteiger partial charge >= 0.3 is 0 Å². The summed E-state index contributed by atoms with van der Waals surface area (Å²) in [5.41, 5.74) is 1.47. The summed E-state index contributed by atoms with van der Waals surface area (Å²) < 4.78 is 23.0. The first kappa shape index (κ1) is 17.6. The predicted molar refractivity (Wildman–Crippen MR) is 87.1 cm³/mol. The molecule has 0 aromatic heterocycles. The maximum absolute atomic E-state index is 11.8. The van der Waals surface area contributed by atoms with Crippen molar-refractivity contribution in [3.05, 3.63) is 57.1 Å². The highest BCUT2D eigenvalue weighted by atomic mass is 32.2. The Morgan fingerprint density at radius 1 is 1.21 bits per heavy atom. The average Bonchev–Trinajstić information content (AvgIpc) is 2.48. The van der Waals surface area contributed by atoms with E-state index in [2.05, 4.69) is 4.99 Å². The highest BCUT2D eigenvalue weighted by molar-refractivity contribution is 7.89. The molecule has 9 heteroatoms. The van der Waals surface area contributed by atoms with E-state index in [0.717, 1.165) is 18.2 Å². The van der Waals surface area contributed by atoms with Crippen molar-refractivity contribution in [2.75, 3.05) is 0 Å². The van der Waals surface area contributed by atoms with Crippen molar-refractivity contribution in [3.8, 4) is 5.75 Å². The summed E-state index contributed by atoms with van der Waals surface area (Å²) in [5.74, 6) is -0.429. The van der Waals surface area contributed by atoms with Crippen molar-refractivity contribution in [1.82, 2.24) is 0 Å². The molecule has 2 N–H and O–H groups in total. The molecule has 0 saturated carbocycles. The Labute approximate surface area is 138 Å². The molecule has 0 fully saturated rings. The molecule has 0 saturated heterocycles. The molecule has 8 nitrogen and oxygen atoms in total. The van der Waals surface area contributed by atoms with Gasteiger partial charge in [-0.05, 0) is 42.7 Å². The van der Waals surface area contributed by atoms with Crippen LogP contribution in [-0.2, 0) is 10.0 Å². The van der Waals surface area contributed by atoms with Crippen molar-refractivity contribution in [1.29, 1.82) is 0 Å². The third-order valence-electron chi connectivity index (χ3n) is 3.49. The van der Waals surface area contributed by atoms with E-state index in [1.165, 1.54) is 18.3 Å². The Balaban J connectivity index is 2.52. The van der Waals surface area contributed by atoms with Crippen LogP contribution in [0.25, 0.3) is 0 Å². The van der Waals surface area contributed by atoms with Gasteiger partial charge in [-0.2, -0.15) is 0 Å². The van der Waals surface area contributed by atoms with Gasteiger partial charge in [0.1, 0.15) is 0 Å². The molecule has 2 rings (SSSR count). The SMILES string of the molecule is Cc1cc(S(N)(=O)=O)cc(N=Cc2cc([N+](=O)[O-])ccc2[O-])c1C. The van der Waals surface area contributed by atoms with E-state index in [9.17, 15) is 23.6 Å². The van der Waals surface area contributed by atoms with Crippen molar-refractivity contribution in [2.45, 2.75) is 18.7 Å². The fourth-order valence-electron chi connectivity index (χ4n) is 2.00. The fraction of sp³-hybridized carbons (Fsp3) is 0.133. The molecule has 0 unspecified atom stereocenters. The second kappa shape index (κ2) is 6.38. The molecule has 2 aromatic rings. The van der Waals surface area contributed by atoms with Gasteiger partial charge in [-0.3, -0.25) is 15.1 Å². The van der Waals surface area contributed by atoms with Crippen molar-refractivity contribution < 1.29 is 18.4 Å². The minimum absolute atomic E-state index is 0.0299. The molecule has 0 aliphatic carbocycles. The number of hydrogen-bond donors (Lipinski definition) is 1. The zero-order valence-corrected chi connectivity index (χ0v) is 13.7. The number of nitrogens with two attached hydrogens (primary N) is 1. The summed E-state index contributed by atoms with van der Waals surface area (Å²) in [6, 6.07) is 6.01. The van der Waals surface area contributed by atoms with Crippen molar-refractivity contribution >= 4 is 27.6 Å². The maximum atomic E-state index is 11.8. The number of aryl methyl sites for hydroxylation is 1. The number of nitro benzene ring substituents is 1. The smallest absolute Gasteiger partial charge is 0.270 e. The number of sulfonamides is 1. The van der Waals surface area contributed by atoms with Gasteiger partial charge < -0.3 is 5.11 Å². The van der Waals surface area contributed by atoms with Crippen LogP contribution in [0.5, 0.6) is 5.75 Å². The lowest BCUT2D eigenvalue weighted by atomic mass is 10.1. The number of nitrogens with zero attached hydrogens (tertiary/aromatic N) is 2. The molecule has 2 aromatic carbocycles. The zero-order chi connectivity index (χ0) is 18.1. The van der Waals surface area contributed by atoms with Crippen LogP contribution < -0.4 is 10.2 Å². The monoisotopic (exact) mass is 348 g/mol. The molecule has 0 radical (unpaired) electrons. The maximum Gasteiger partial charge on any atom is 0.270 e. The van der Waals surface area contributed by atoms with Gasteiger partial charge in [0.05, 0.1) is 15.5 Å². The van der Waals surface area contributed by atoms with Crippen LogP contribution >= 0.6 is 0 Å². The molecule has 0 bridgehead atoms. The first-order chi connectivity index (χ1) is 11.1. The molecule has 0 aliphatic rings. The van der Waals surface area contributed by atoms with Gasteiger partial charge in [0.2, 0.25) is 10.0 Å². The standard InChI is InChI=1S/C15H15N3O5S/c1-9-5-13(24(16,22)23)7-14(10(9)2)17-8-11-6-12(18(20)21)3-4-15(11)19/h3-8,19H,1-2H3,(H2,16,22,23)/p-1. The van der Waals surface area contributed by atoms with Gasteiger partial charge in [-0.25, -0.2) is 13.6 Å². The first-order valence-electron chi connectivity index (χ1n) is 6.73. The Hall–Kier alpha value is -2.78. The third kappa shape index (κ3) is 3.76. The highest BCUT2D eigenvalue weighted by Crippen LogP contribution is 2.27. The summed E-state index contributed by atoms with van der Waals surface area (Å²) in [6.45, 7) is 3.44. The quantitative estimate of drug-likeness (QED) is 0.509. The molecular formula is C15H14N3O5S-. The number of aliphatic imine (C=N–C) groups is 1. The minimum atomic E-state index is -3.90. The van der Waals surface area contributed by atoms with E-state index < -0.39 is 20.7 Å². The molecule has 0 spiro atoms. The van der Waals surface area contributed by atoms with Crippen LogP contribution in [0.2, 0.25) is 0 Å². The average molecular weight is 348 g/mol. The number of rotatable bonds is 4. The van der Waals surface area contributed by atoms with E-state index in [1.807, 2.05) is 0 Å². The number of nitro groups is 1. The van der Waals surface area contributed by atoms with Gasteiger partial charge in [0.25, 0.3) is 5.69 Å². The van der Waals surface area contributed by atoms with Crippen LogP contribution in [-0.4, -0.2) is 19.6 Å². The largest absolute Gasteiger partial charge is 0.872 e. The van der Waals surface area contributed by atoms with E-state index in [1.54, 1.807) is 13.8 Å². The van der Waals surface area contributed by atoms with Gasteiger partial charge in [-0.15, -0.1) is 0 Å². The van der Waals surface area contributed by atoms with Crippen LogP contribution in [0.4, 0.5) is 11.4 Å². The lowest BCUT2D eigenvalue weighted by molar-refractivity contribution is -0.385. The summed E-state index contributed by atoms with van der Waals surface area (Å²) in [7, 11) is -3.90. The molecule has 0 aliphatic heterocycles. The van der Waals surface area contributed by atoms with Crippen LogP contribution in [0.1, 0.15) is 16.7 Å². The van der Waals surface area contributed by atoms with E-state index in [-0.39, 0.29) is 16.1 Å². The molecule has 24 heavy (non-hydrogen) atoms. The summed E-state index contributed by atoms with van der Waals surface area (Å²) in [4.78, 5) is 14.2. The van der Waals surface area contributed by atoms with E-state index in [4.69, 9.17) is 5.14 Å². The normalized spacial score (nSPS) is 11.8. The predicted octanol–water partition coefficient (Wildman–Crippen LogP) is 1.68. The molecular weight excluding hydrogens is 334 g/mol. The molecule has 0 amide bonds. The zero-order valence-electron chi connectivity index (χ0n) is 12.9. The second-order valence-corrected chi connectivity index (χ2v) is 6.73. The second-order valence-electron chi connectivity index (χ2n) is 5.17. The van der Waals surface area contributed by atoms with Crippen LogP contribution in [0, 0.1) is 24.0 Å². The topological polar surface area (TPSA) is 139 Å². The van der Waals surface area contributed by atoms with Gasteiger partial charge in [0, 0.05) is 18.3 Å². The Morgan fingerprint density at radius 3 is 2.46 bits per heavy atom. The summed E-state index contributed by atoms with van der Waals surface area (Å²) >= 11 is 0. The van der Waals surface area contributed by atoms with Gasteiger partial charge in [-0.1, -0.05) is 11.8 Å². The number of non-ortho nitro benzene ring substituents is 1. The first-order valence-corrected chi connectivity index (χ1v) is 8.28. The summed E-state index contributed by atoms with van der Waals surface area (Å²) in [5, 5.41) is 27.7. The van der Waals surface area contributed by atoms with Crippen molar-refractivity contribution in [2.24, 2.45) is 10.1 Å². The fourth-order valence-corrected chi connectivity index (χ4v) is 2.61. The lowest BCUT2D eigenvalue weighted by Crippen LogP contribution is -2.12. The molecule has 126 valence electrons. The summed E-state index contributed by atoms with van der Waals surface area (Å²) in [6.07, 6.45) is 1.17. The number of benzene rings is 2. The minimum Gasteiger partial charge on any atom is -0.872 e. The third-order valence-corrected chi connectivity index (χ3v) is 4.38. The van der Waals surface area contributed by atoms with Crippen molar-refractivity contribution in [3.63, 3.8) is 0 Å². The van der Waals surface area contributed by atoms with E-state index >= 15 is 0 Å². The highest BCUT2D eigenvalue weighted by Gasteiger charge is 2.12. The molecule has 0 atom stereocenters. The lowest BCUT2D eigenvalue weighted by Gasteiger charge is -2.10. The van der Waals surface area contributed by atoms with Crippen LogP contribution in [0.3, 0.4) is 0 Å². The number of hydrogen-bond acceptors (Lipinski definition) is 6. The Kier molecular flexibility index (Phi) is 4.67. The van der Waals surface area contributed by atoms with Crippen LogP contribution in [0.15, 0.2) is 40.2 Å². The Bertz CT molecular complexity index is 952. The molecule has 0 heterocycles. The number of primary sulfonamides is 1. The van der Waals surface area contributed by atoms with Gasteiger partial charge in [0.15, 0.2) is 0 Å².